The Morgan fingerprint density at radius 2 is 1.84 bits per heavy atom. The molecule has 8 heteroatoms. The molecule has 0 N–H and O–H groups in total. The summed E-state index contributed by atoms with van der Waals surface area (Å²) in [4.78, 5) is 3.71. The van der Waals surface area contributed by atoms with Crippen molar-refractivity contribution >= 4 is 20.9 Å². The molecular formula is C17H21F3N2O2S. The lowest BCUT2D eigenvalue weighted by molar-refractivity contribution is -0.0435. The molecule has 138 valence electrons. The van der Waals surface area contributed by atoms with Crippen LogP contribution in [-0.4, -0.2) is 23.5 Å². The zero-order chi connectivity index (χ0) is 18.6. The quantitative estimate of drug-likeness (QED) is 0.800. The van der Waals surface area contributed by atoms with Crippen LogP contribution in [0.15, 0.2) is 23.1 Å². The standard InChI is InChI=1S/C17H21F3N2O2S/c1-16(2,3)9-15-21-13-8-12(25(23,24)17(18,19)20)6-7-14(13)22(15)10-11-4-5-11/h6-8,11H,4-5,9-10H2,1-3H3. The van der Waals surface area contributed by atoms with Crippen LogP contribution in [0.3, 0.4) is 0 Å². The fourth-order valence-corrected chi connectivity index (χ4v) is 3.61. The minimum Gasteiger partial charge on any atom is -0.328 e. The molecule has 3 rings (SSSR count). The molecule has 2 aromatic rings. The second-order valence-corrected chi connectivity index (χ2v) is 9.86. The maximum atomic E-state index is 12.8. The molecule has 0 amide bonds. The highest BCUT2D eigenvalue weighted by Crippen LogP contribution is 2.35. The van der Waals surface area contributed by atoms with Crippen LogP contribution in [0.25, 0.3) is 11.0 Å². The van der Waals surface area contributed by atoms with Gasteiger partial charge in [-0.05, 0) is 42.4 Å². The molecule has 0 unspecified atom stereocenters. The van der Waals surface area contributed by atoms with Crippen LogP contribution in [0.2, 0.25) is 0 Å². The summed E-state index contributed by atoms with van der Waals surface area (Å²) in [7, 11) is -5.37. The lowest BCUT2D eigenvalue weighted by Gasteiger charge is -2.18. The highest BCUT2D eigenvalue weighted by Gasteiger charge is 2.47. The van der Waals surface area contributed by atoms with Crippen molar-refractivity contribution < 1.29 is 21.6 Å². The maximum Gasteiger partial charge on any atom is 0.501 e. The van der Waals surface area contributed by atoms with Crippen LogP contribution in [0, 0.1) is 11.3 Å². The molecule has 1 aromatic heterocycles. The Balaban J connectivity index is 2.11. The van der Waals surface area contributed by atoms with Crippen molar-refractivity contribution in [2.24, 2.45) is 11.3 Å². The number of hydrogen-bond acceptors (Lipinski definition) is 3. The number of imidazole rings is 1. The molecule has 0 spiro atoms. The average molecular weight is 374 g/mol. The molecule has 0 saturated heterocycles. The molecule has 0 aliphatic heterocycles. The van der Waals surface area contributed by atoms with E-state index in [-0.39, 0.29) is 5.41 Å². The van der Waals surface area contributed by atoms with Crippen molar-refractivity contribution in [1.29, 1.82) is 0 Å². The van der Waals surface area contributed by atoms with Gasteiger partial charge in [0.25, 0.3) is 9.84 Å². The van der Waals surface area contributed by atoms with Crippen LogP contribution in [0.1, 0.15) is 39.4 Å². The van der Waals surface area contributed by atoms with E-state index < -0.39 is 20.2 Å². The molecule has 1 saturated carbocycles. The number of hydrogen-bond donors (Lipinski definition) is 0. The predicted molar refractivity (Wildman–Crippen MR) is 88.9 cm³/mol. The van der Waals surface area contributed by atoms with Gasteiger partial charge < -0.3 is 4.57 Å². The molecule has 0 atom stereocenters. The highest BCUT2D eigenvalue weighted by molar-refractivity contribution is 7.92. The monoisotopic (exact) mass is 374 g/mol. The van der Waals surface area contributed by atoms with E-state index in [2.05, 4.69) is 25.8 Å². The molecule has 1 heterocycles. The zero-order valence-corrected chi connectivity index (χ0v) is 15.2. The van der Waals surface area contributed by atoms with Gasteiger partial charge in [0, 0.05) is 13.0 Å². The first-order chi connectivity index (χ1) is 11.4. The first-order valence-corrected chi connectivity index (χ1v) is 9.67. The van der Waals surface area contributed by atoms with Crippen molar-refractivity contribution in [3.05, 3.63) is 24.0 Å². The topological polar surface area (TPSA) is 52.0 Å². The number of aromatic nitrogens is 2. The highest BCUT2D eigenvalue weighted by atomic mass is 32.2. The SMILES string of the molecule is CC(C)(C)Cc1nc2cc(S(=O)(=O)C(F)(F)F)ccc2n1CC1CC1. The number of alkyl halides is 3. The van der Waals surface area contributed by atoms with E-state index in [0.717, 1.165) is 37.3 Å². The molecule has 0 radical (unpaired) electrons. The Hall–Kier alpha value is -1.57. The molecule has 1 aromatic carbocycles. The van der Waals surface area contributed by atoms with E-state index in [0.29, 0.717) is 23.4 Å². The lowest BCUT2D eigenvalue weighted by Crippen LogP contribution is -2.23. The van der Waals surface area contributed by atoms with E-state index in [4.69, 9.17) is 0 Å². The summed E-state index contributed by atoms with van der Waals surface area (Å²) in [5.74, 6) is 1.35. The Bertz CT molecular complexity index is 904. The number of fused-ring (bicyclic) bond motifs is 1. The Kier molecular flexibility index (Phi) is 4.17. The van der Waals surface area contributed by atoms with E-state index in [1.54, 1.807) is 0 Å². The normalized spacial score (nSPS) is 16.6. The van der Waals surface area contributed by atoms with Crippen molar-refractivity contribution in [2.45, 2.75) is 57.0 Å². The van der Waals surface area contributed by atoms with E-state index in [9.17, 15) is 21.6 Å². The maximum absolute atomic E-state index is 12.8. The number of halogens is 3. The molecule has 1 aliphatic carbocycles. The van der Waals surface area contributed by atoms with Crippen LogP contribution in [0.5, 0.6) is 0 Å². The Morgan fingerprint density at radius 1 is 1.20 bits per heavy atom. The van der Waals surface area contributed by atoms with Crippen LogP contribution >= 0.6 is 0 Å². The summed E-state index contributed by atoms with van der Waals surface area (Å²) >= 11 is 0. The predicted octanol–water partition coefficient (Wildman–Crippen LogP) is 4.33. The Labute approximate surface area is 145 Å². The Morgan fingerprint density at radius 3 is 2.36 bits per heavy atom. The molecular weight excluding hydrogens is 353 g/mol. The summed E-state index contributed by atoms with van der Waals surface area (Å²) in [5, 5.41) is 0. The van der Waals surface area contributed by atoms with E-state index in [1.807, 2.05) is 4.57 Å². The second-order valence-electron chi connectivity index (χ2n) is 7.92. The van der Waals surface area contributed by atoms with E-state index in [1.165, 1.54) is 6.07 Å². The van der Waals surface area contributed by atoms with Crippen LogP contribution < -0.4 is 0 Å². The fraction of sp³-hybridized carbons (Fsp3) is 0.588. The third kappa shape index (κ3) is 3.68. The largest absolute Gasteiger partial charge is 0.501 e. The fourth-order valence-electron chi connectivity index (χ4n) is 2.83. The van der Waals surface area contributed by atoms with Gasteiger partial charge in [0.1, 0.15) is 5.82 Å². The van der Waals surface area contributed by atoms with Gasteiger partial charge in [0.2, 0.25) is 0 Å². The summed E-state index contributed by atoms with van der Waals surface area (Å²) < 4.78 is 63.7. The van der Waals surface area contributed by atoms with Crippen LogP contribution in [0.4, 0.5) is 13.2 Å². The third-order valence-corrected chi connectivity index (χ3v) is 5.72. The van der Waals surface area contributed by atoms with Gasteiger partial charge >= 0.3 is 5.51 Å². The molecule has 1 aliphatic rings. The number of nitrogens with zero attached hydrogens (tertiary/aromatic N) is 2. The molecule has 25 heavy (non-hydrogen) atoms. The van der Waals surface area contributed by atoms with Crippen molar-refractivity contribution in [1.82, 2.24) is 9.55 Å². The smallest absolute Gasteiger partial charge is 0.328 e. The zero-order valence-electron chi connectivity index (χ0n) is 14.4. The van der Waals surface area contributed by atoms with Crippen molar-refractivity contribution in [3.63, 3.8) is 0 Å². The molecule has 1 fully saturated rings. The second kappa shape index (κ2) is 5.72. The first kappa shape index (κ1) is 18.2. The van der Waals surface area contributed by atoms with Gasteiger partial charge in [-0.25, -0.2) is 13.4 Å². The minimum absolute atomic E-state index is 0.0381. The average Bonchev–Trinajstić information content (AvgIpc) is 3.19. The summed E-state index contributed by atoms with van der Waals surface area (Å²) in [6.45, 7) is 6.96. The summed E-state index contributed by atoms with van der Waals surface area (Å²) in [6.07, 6.45) is 2.93. The number of rotatable bonds is 4. The minimum atomic E-state index is -5.37. The molecule has 0 bridgehead atoms. The third-order valence-electron chi connectivity index (χ3n) is 4.24. The van der Waals surface area contributed by atoms with Gasteiger partial charge in [-0.3, -0.25) is 0 Å². The van der Waals surface area contributed by atoms with Gasteiger partial charge in [0.15, 0.2) is 0 Å². The van der Waals surface area contributed by atoms with Gasteiger partial charge in [0.05, 0.1) is 15.9 Å². The van der Waals surface area contributed by atoms with Crippen molar-refractivity contribution in [2.75, 3.05) is 0 Å². The summed E-state index contributed by atoms with van der Waals surface area (Å²) in [6, 6.07) is 3.50. The lowest BCUT2D eigenvalue weighted by atomic mass is 9.92. The number of sulfone groups is 1. The van der Waals surface area contributed by atoms with Crippen LogP contribution in [-0.2, 0) is 22.8 Å². The summed E-state index contributed by atoms with van der Waals surface area (Å²) in [5.41, 5.74) is -4.37. The van der Waals surface area contributed by atoms with Gasteiger partial charge in [-0.1, -0.05) is 20.8 Å². The number of benzene rings is 1. The van der Waals surface area contributed by atoms with E-state index >= 15 is 0 Å². The van der Waals surface area contributed by atoms with Gasteiger partial charge in [-0.2, -0.15) is 13.2 Å². The van der Waals surface area contributed by atoms with Crippen molar-refractivity contribution in [3.8, 4) is 0 Å². The molecule has 4 nitrogen and oxygen atoms in total. The first-order valence-electron chi connectivity index (χ1n) is 8.19. The van der Waals surface area contributed by atoms with Gasteiger partial charge in [-0.15, -0.1) is 0 Å².